The molecule has 0 N–H and O–H groups in total. The van der Waals surface area contributed by atoms with Crippen LogP contribution in [0.2, 0.25) is 0 Å². The predicted octanol–water partition coefficient (Wildman–Crippen LogP) is 3.97. The van der Waals surface area contributed by atoms with E-state index in [4.69, 9.17) is 30.4 Å². The average molecular weight is 356 g/mol. The van der Waals surface area contributed by atoms with Gasteiger partial charge in [-0.1, -0.05) is 18.2 Å². The number of benzene rings is 1. The number of halogens is 1. The second kappa shape index (κ2) is 9.41. The van der Waals surface area contributed by atoms with E-state index >= 15 is 0 Å². The third-order valence-electron chi connectivity index (χ3n) is 2.53. The van der Waals surface area contributed by atoms with Crippen molar-refractivity contribution in [2.24, 2.45) is 0 Å². The number of carbonyl (C=O) groups excluding carboxylic acids is 1. The van der Waals surface area contributed by atoms with Crippen molar-refractivity contribution in [1.82, 2.24) is 0 Å². The third kappa shape index (κ3) is 6.11. The van der Waals surface area contributed by atoms with E-state index in [2.05, 4.69) is 13.2 Å². The standard InChI is InChI=1S/C15H15ClNO5P/c1-3-7-20-23(19,21-8-4-2)22-11-13-6-5-12(10-17)9-14(13)15(16)18/h3-6,9H,1-2,7-8,11H2. The quantitative estimate of drug-likeness (QED) is 0.358. The maximum atomic E-state index is 12.4. The van der Waals surface area contributed by atoms with Crippen LogP contribution in [0.1, 0.15) is 21.5 Å². The summed E-state index contributed by atoms with van der Waals surface area (Å²) in [6.07, 6.45) is 2.78. The molecule has 122 valence electrons. The lowest BCUT2D eigenvalue weighted by Gasteiger charge is -2.17. The molecule has 0 amide bonds. The highest BCUT2D eigenvalue weighted by Crippen LogP contribution is 2.50. The third-order valence-corrected chi connectivity index (χ3v) is 4.11. The van der Waals surface area contributed by atoms with Gasteiger partial charge in [0.1, 0.15) is 0 Å². The first kappa shape index (κ1) is 19.3. The normalized spacial score (nSPS) is 10.8. The molecule has 23 heavy (non-hydrogen) atoms. The average Bonchev–Trinajstić information content (AvgIpc) is 2.56. The maximum absolute atomic E-state index is 12.4. The summed E-state index contributed by atoms with van der Waals surface area (Å²) in [7, 11) is -3.85. The Morgan fingerprint density at radius 1 is 1.26 bits per heavy atom. The minimum absolute atomic E-state index is 0.0386. The van der Waals surface area contributed by atoms with Crippen molar-refractivity contribution >= 4 is 24.7 Å². The Bertz CT molecular complexity index is 667. The molecule has 1 aromatic carbocycles. The van der Waals surface area contributed by atoms with E-state index in [1.54, 1.807) is 0 Å². The first-order chi connectivity index (χ1) is 11.0. The van der Waals surface area contributed by atoms with Crippen LogP contribution in [-0.2, 0) is 24.7 Å². The minimum atomic E-state index is -3.85. The summed E-state index contributed by atoms with van der Waals surface area (Å²) in [5.41, 5.74) is 0.713. The van der Waals surface area contributed by atoms with Crippen molar-refractivity contribution in [1.29, 1.82) is 5.26 Å². The van der Waals surface area contributed by atoms with Crippen LogP contribution in [0.15, 0.2) is 43.5 Å². The molecule has 0 aromatic heterocycles. The van der Waals surface area contributed by atoms with E-state index in [0.717, 1.165) is 0 Å². The van der Waals surface area contributed by atoms with Crippen LogP contribution >= 0.6 is 19.4 Å². The second-order valence-corrected chi connectivity index (χ2v) is 6.16. The van der Waals surface area contributed by atoms with Crippen LogP contribution in [-0.4, -0.2) is 18.5 Å². The van der Waals surface area contributed by atoms with Crippen LogP contribution in [0.5, 0.6) is 0 Å². The lowest BCUT2D eigenvalue weighted by Crippen LogP contribution is -2.04. The zero-order valence-corrected chi connectivity index (χ0v) is 13.9. The Morgan fingerprint density at radius 2 is 1.87 bits per heavy atom. The first-order valence-electron chi connectivity index (χ1n) is 6.44. The Labute approximate surface area is 139 Å². The largest absolute Gasteiger partial charge is 0.475 e. The molecule has 0 heterocycles. The maximum Gasteiger partial charge on any atom is 0.475 e. The summed E-state index contributed by atoms with van der Waals surface area (Å²) < 4.78 is 27.6. The van der Waals surface area contributed by atoms with Crippen LogP contribution in [0, 0.1) is 11.3 Å². The molecule has 1 aromatic rings. The number of nitrogens with zero attached hydrogens (tertiary/aromatic N) is 1. The highest BCUT2D eigenvalue weighted by atomic mass is 35.5. The summed E-state index contributed by atoms with van der Waals surface area (Å²) >= 11 is 5.49. The summed E-state index contributed by atoms with van der Waals surface area (Å²) in [6.45, 7) is 6.58. The van der Waals surface area contributed by atoms with Crippen LogP contribution in [0.4, 0.5) is 0 Å². The van der Waals surface area contributed by atoms with Crippen LogP contribution < -0.4 is 0 Å². The van der Waals surface area contributed by atoms with E-state index < -0.39 is 13.1 Å². The van der Waals surface area contributed by atoms with Gasteiger partial charge in [-0.25, -0.2) is 4.57 Å². The fraction of sp³-hybridized carbons (Fsp3) is 0.200. The van der Waals surface area contributed by atoms with E-state index in [-0.39, 0.29) is 30.9 Å². The van der Waals surface area contributed by atoms with Gasteiger partial charge in [-0.15, -0.1) is 13.2 Å². The summed E-state index contributed by atoms with van der Waals surface area (Å²) in [5, 5.41) is 8.09. The monoisotopic (exact) mass is 355 g/mol. The van der Waals surface area contributed by atoms with Crippen LogP contribution in [0.25, 0.3) is 0 Å². The zero-order valence-electron chi connectivity index (χ0n) is 12.2. The highest BCUT2D eigenvalue weighted by Gasteiger charge is 2.26. The molecule has 0 unspecified atom stereocenters. The van der Waals surface area contributed by atoms with E-state index in [1.165, 1.54) is 30.4 Å². The molecule has 0 spiro atoms. The van der Waals surface area contributed by atoms with Gasteiger partial charge in [0.05, 0.1) is 31.5 Å². The molecule has 0 aliphatic heterocycles. The van der Waals surface area contributed by atoms with Gasteiger partial charge in [0, 0.05) is 5.56 Å². The van der Waals surface area contributed by atoms with Gasteiger partial charge in [0.15, 0.2) is 0 Å². The molecule has 0 aliphatic rings. The number of phosphoric acid groups is 1. The number of nitriles is 1. The number of hydrogen-bond donors (Lipinski definition) is 0. The van der Waals surface area contributed by atoms with Crippen molar-refractivity contribution in [2.45, 2.75) is 6.61 Å². The molecule has 1 rings (SSSR count). The summed E-state index contributed by atoms with van der Waals surface area (Å²) in [5.74, 6) is 0. The van der Waals surface area contributed by atoms with E-state index in [0.29, 0.717) is 5.56 Å². The Hall–Kier alpha value is -1.74. The Balaban J connectivity index is 2.94. The summed E-state index contributed by atoms with van der Waals surface area (Å²) in [6, 6.07) is 6.20. The van der Waals surface area contributed by atoms with Crippen molar-refractivity contribution in [3.63, 3.8) is 0 Å². The van der Waals surface area contributed by atoms with Gasteiger partial charge in [0.2, 0.25) is 0 Å². The van der Waals surface area contributed by atoms with Crippen molar-refractivity contribution < 1.29 is 22.9 Å². The molecule has 0 bridgehead atoms. The highest BCUT2D eigenvalue weighted by molar-refractivity contribution is 7.48. The smallest absolute Gasteiger partial charge is 0.283 e. The van der Waals surface area contributed by atoms with Gasteiger partial charge in [-0.3, -0.25) is 18.4 Å². The molecule has 8 heteroatoms. The predicted molar refractivity (Wildman–Crippen MR) is 86.0 cm³/mol. The molecule has 0 atom stereocenters. The van der Waals surface area contributed by atoms with Gasteiger partial charge in [-0.2, -0.15) is 5.26 Å². The second-order valence-electron chi connectivity index (χ2n) is 4.15. The molecule has 0 fully saturated rings. The first-order valence-corrected chi connectivity index (χ1v) is 8.28. The SMILES string of the molecule is C=CCOP(=O)(OCC=C)OCc1ccc(C#N)cc1C(=O)Cl. The number of rotatable bonds is 10. The van der Waals surface area contributed by atoms with Gasteiger partial charge >= 0.3 is 7.82 Å². The van der Waals surface area contributed by atoms with E-state index in [9.17, 15) is 9.36 Å². The fourth-order valence-electron chi connectivity index (χ4n) is 1.50. The number of hydrogen-bond acceptors (Lipinski definition) is 6. The lowest BCUT2D eigenvalue weighted by molar-refractivity contribution is 0.107. The minimum Gasteiger partial charge on any atom is -0.283 e. The van der Waals surface area contributed by atoms with Crippen LogP contribution in [0.3, 0.4) is 0 Å². The van der Waals surface area contributed by atoms with Gasteiger partial charge in [0.25, 0.3) is 5.24 Å². The molecule has 0 saturated heterocycles. The molecular weight excluding hydrogens is 341 g/mol. The molecule has 0 radical (unpaired) electrons. The lowest BCUT2D eigenvalue weighted by atomic mass is 10.1. The summed E-state index contributed by atoms with van der Waals surface area (Å²) in [4.78, 5) is 11.4. The number of carbonyl (C=O) groups is 1. The fourth-order valence-corrected chi connectivity index (χ4v) is 2.78. The Kier molecular flexibility index (Phi) is 7.90. The van der Waals surface area contributed by atoms with Crippen molar-refractivity contribution in [2.75, 3.05) is 13.2 Å². The molecule has 0 aliphatic carbocycles. The van der Waals surface area contributed by atoms with Gasteiger partial charge in [-0.05, 0) is 29.3 Å². The topological polar surface area (TPSA) is 85.6 Å². The van der Waals surface area contributed by atoms with Crippen molar-refractivity contribution in [3.8, 4) is 6.07 Å². The Morgan fingerprint density at radius 3 is 2.35 bits per heavy atom. The van der Waals surface area contributed by atoms with Gasteiger partial charge < -0.3 is 0 Å². The molecular formula is C15H15ClNO5P. The molecule has 6 nitrogen and oxygen atoms in total. The number of phosphoric ester groups is 1. The zero-order chi connectivity index (χ0) is 17.3. The van der Waals surface area contributed by atoms with E-state index in [1.807, 2.05) is 6.07 Å². The van der Waals surface area contributed by atoms with Crippen molar-refractivity contribution in [3.05, 3.63) is 60.2 Å². The molecule has 0 saturated carbocycles.